The number of carbonyl (C=O) groups is 1. The van der Waals surface area contributed by atoms with E-state index in [-0.39, 0.29) is 50.7 Å². The molecule has 17 nitrogen and oxygen atoms in total. The predicted octanol–water partition coefficient (Wildman–Crippen LogP) is 9.12. The maximum absolute atomic E-state index is 12.0. The van der Waals surface area contributed by atoms with Crippen molar-refractivity contribution < 1.29 is 40.9 Å². The largest absolute Gasteiger partial charge is 0.507 e. The van der Waals surface area contributed by atoms with Crippen LogP contribution in [0, 0.1) is 6.92 Å². The molecule has 0 aliphatic heterocycles. The molecule has 0 spiro atoms. The molecular weight excluding hydrogens is 753 g/mol. The van der Waals surface area contributed by atoms with Gasteiger partial charge in [0.05, 0.1) is 44.7 Å². The van der Waals surface area contributed by atoms with Crippen molar-refractivity contribution in [2.45, 2.75) is 16.7 Å². The third kappa shape index (κ3) is 8.34. The number of nitrogens with two attached hydrogens (primary N) is 2. The van der Waals surface area contributed by atoms with Gasteiger partial charge in [-0.05, 0) is 96.4 Å². The lowest BCUT2D eigenvalue weighted by Gasteiger charge is -2.11. The first kappa shape index (κ1) is 37.8. The van der Waals surface area contributed by atoms with Crippen LogP contribution in [0.15, 0.2) is 144 Å². The first-order valence-electron chi connectivity index (χ1n) is 15.7. The lowest BCUT2D eigenvalue weighted by atomic mass is 10.1. The summed E-state index contributed by atoms with van der Waals surface area (Å²) in [6.45, 7) is 1.50. The van der Waals surface area contributed by atoms with E-state index >= 15 is 0 Å². The molecule has 8 N–H and O–H groups in total. The first-order chi connectivity index (χ1) is 26.0. The molecule has 6 aromatic rings. The summed E-state index contributed by atoms with van der Waals surface area (Å²) in [6, 6.07) is 25.8. The number of fused-ring (bicyclic) bond motifs is 1. The van der Waals surface area contributed by atoms with Crippen molar-refractivity contribution in [2.75, 3.05) is 11.5 Å². The van der Waals surface area contributed by atoms with Crippen LogP contribution in [0.1, 0.15) is 15.9 Å². The van der Waals surface area contributed by atoms with E-state index in [4.69, 9.17) is 11.5 Å². The summed E-state index contributed by atoms with van der Waals surface area (Å²) in [5.74, 6) is -1.66. The zero-order valence-corrected chi connectivity index (χ0v) is 29.9. The summed E-state index contributed by atoms with van der Waals surface area (Å²) in [7, 11) is -9.33. The first-order valence-corrected chi connectivity index (χ1v) is 18.6. The summed E-state index contributed by atoms with van der Waals surface area (Å²) in [4.78, 5) is 10.2. The standard InChI is InChI=1S/C36H28N8O9S2/c1-19-16-32(55(51,52)53)34(38)35(33(19)37)44-43-29-13-14-30(27-18-25(54(48,49)50)11-12-26(27)29)42-40-23-8-4-21(5-9-23)20-2-6-22(7-3-20)39-41-24-10-15-31(45)28(17-24)36(46)47/h2-18,45H,37-38H2,1H3,(H,46,47)(H,48,49,50)(H,51,52,53). The highest BCUT2D eigenvalue weighted by Crippen LogP contribution is 2.41. The summed E-state index contributed by atoms with van der Waals surface area (Å²) >= 11 is 0. The Labute approximate surface area is 312 Å². The number of carboxylic acids is 1. The van der Waals surface area contributed by atoms with Crippen LogP contribution in [0.3, 0.4) is 0 Å². The number of hydrogen-bond acceptors (Lipinski definition) is 14. The summed E-state index contributed by atoms with van der Waals surface area (Å²) < 4.78 is 67.1. The van der Waals surface area contributed by atoms with Crippen molar-refractivity contribution in [1.29, 1.82) is 0 Å². The quantitative estimate of drug-likeness (QED) is 0.0432. The van der Waals surface area contributed by atoms with E-state index in [0.29, 0.717) is 16.8 Å². The fraction of sp³-hybridized carbons (Fsp3) is 0.0278. The monoisotopic (exact) mass is 780 g/mol. The predicted molar refractivity (Wildman–Crippen MR) is 203 cm³/mol. The van der Waals surface area contributed by atoms with Crippen molar-refractivity contribution in [3.05, 3.63) is 114 Å². The number of aromatic hydroxyl groups is 1. The van der Waals surface area contributed by atoms with Crippen molar-refractivity contribution in [2.24, 2.45) is 30.7 Å². The Hall–Kier alpha value is -6.93. The molecule has 0 radical (unpaired) electrons. The van der Waals surface area contributed by atoms with Gasteiger partial charge in [0.25, 0.3) is 20.2 Å². The van der Waals surface area contributed by atoms with Gasteiger partial charge in [-0.3, -0.25) is 9.11 Å². The third-order valence-electron chi connectivity index (χ3n) is 8.16. The van der Waals surface area contributed by atoms with E-state index in [2.05, 4.69) is 30.7 Å². The van der Waals surface area contributed by atoms with Crippen LogP contribution in [-0.4, -0.2) is 42.1 Å². The van der Waals surface area contributed by atoms with Crippen LogP contribution in [-0.2, 0) is 20.2 Å². The number of nitrogen functional groups attached to an aromatic ring is 2. The van der Waals surface area contributed by atoms with Gasteiger partial charge >= 0.3 is 5.97 Å². The molecule has 6 aromatic carbocycles. The number of phenols is 1. The van der Waals surface area contributed by atoms with E-state index in [1.54, 1.807) is 24.3 Å². The maximum atomic E-state index is 12.0. The summed E-state index contributed by atoms with van der Waals surface area (Å²) in [6.07, 6.45) is 0. The fourth-order valence-corrected chi connectivity index (χ4v) is 6.49. The van der Waals surface area contributed by atoms with Gasteiger partial charge in [-0.2, -0.15) is 32.2 Å². The highest BCUT2D eigenvalue weighted by molar-refractivity contribution is 7.86. The Balaban J connectivity index is 1.26. The van der Waals surface area contributed by atoms with Gasteiger partial charge in [0.1, 0.15) is 21.9 Å². The zero-order chi connectivity index (χ0) is 39.7. The molecule has 0 fully saturated rings. The summed E-state index contributed by atoms with van der Waals surface area (Å²) in [5.41, 5.74) is 14.7. The molecule has 19 heteroatoms. The highest BCUT2D eigenvalue weighted by Gasteiger charge is 2.21. The minimum Gasteiger partial charge on any atom is -0.507 e. The molecule has 278 valence electrons. The molecule has 6 rings (SSSR count). The number of aryl methyl sites for hydroxylation is 1. The van der Waals surface area contributed by atoms with Crippen LogP contribution >= 0.6 is 0 Å². The molecule has 0 aliphatic carbocycles. The second-order valence-electron chi connectivity index (χ2n) is 11.8. The minimum atomic E-state index is -4.71. The van der Waals surface area contributed by atoms with Crippen molar-refractivity contribution in [3.8, 4) is 16.9 Å². The number of anilines is 2. The number of nitrogens with zero attached hydrogens (tertiary/aromatic N) is 6. The van der Waals surface area contributed by atoms with Crippen LogP contribution in [0.2, 0.25) is 0 Å². The topological polar surface area (TPSA) is 292 Å². The summed E-state index contributed by atoms with van der Waals surface area (Å²) in [5, 5.41) is 44.5. The van der Waals surface area contributed by atoms with E-state index < -0.39 is 41.7 Å². The van der Waals surface area contributed by atoms with Gasteiger partial charge in [0.15, 0.2) is 0 Å². The van der Waals surface area contributed by atoms with Crippen LogP contribution < -0.4 is 11.5 Å². The molecule has 0 aliphatic rings. The van der Waals surface area contributed by atoms with Crippen LogP contribution in [0.4, 0.5) is 45.5 Å². The second-order valence-corrected chi connectivity index (χ2v) is 14.6. The minimum absolute atomic E-state index is 0.0208. The Morgan fingerprint density at radius 2 is 1.11 bits per heavy atom. The lowest BCUT2D eigenvalue weighted by molar-refractivity contribution is 0.0693. The Morgan fingerprint density at radius 1 is 0.582 bits per heavy atom. The molecule has 55 heavy (non-hydrogen) atoms. The van der Waals surface area contributed by atoms with Gasteiger partial charge in [-0.25, -0.2) is 4.79 Å². The van der Waals surface area contributed by atoms with Gasteiger partial charge in [-0.15, -0.1) is 15.3 Å². The van der Waals surface area contributed by atoms with E-state index in [1.165, 1.54) is 49.4 Å². The average molecular weight is 781 g/mol. The SMILES string of the molecule is Cc1cc(S(=O)(=O)O)c(N)c(N=Nc2ccc(N=Nc3ccc(-c4ccc(N=Nc5ccc(O)c(C(=O)O)c5)cc4)cc3)c3cc(S(=O)(=O)O)ccc23)c1N. The van der Waals surface area contributed by atoms with Crippen LogP contribution in [0.25, 0.3) is 21.9 Å². The Morgan fingerprint density at radius 3 is 1.67 bits per heavy atom. The Kier molecular flexibility index (Phi) is 10.2. The second kappa shape index (κ2) is 14.8. The molecular formula is C36H28N8O9S2. The Bertz CT molecular complexity index is 2830. The van der Waals surface area contributed by atoms with E-state index in [1.807, 2.05) is 24.3 Å². The fourth-order valence-electron chi connectivity index (χ4n) is 5.28. The van der Waals surface area contributed by atoms with Crippen LogP contribution in [0.5, 0.6) is 5.75 Å². The van der Waals surface area contributed by atoms with Gasteiger partial charge in [0.2, 0.25) is 0 Å². The number of rotatable bonds is 10. The maximum Gasteiger partial charge on any atom is 0.339 e. The zero-order valence-electron chi connectivity index (χ0n) is 28.3. The van der Waals surface area contributed by atoms with Gasteiger partial charge in [0, 0.05) is 10.8 Å². The lowest BCUT2D eigenvalue weighted by Crippen LogP contribution is -2.06. The number of carboxylic acid groups (broad SMARTS) is 1. The number of azo groups is 3. The molecule has 0 heterocycles. The third-order valence-corrected chi connectivity index (χ3v) is 9.90. The van der Waals surface area contributed by atoms with Gasteiger partial charge in [-0.1, -0.05) is 30.3 Å². The van der Waals surface area contributed by atoms with Crippen molar-refractivity contribution in [1.82, 2.24) is 0 Å². The molecule has 0 unspecified atom stereocenters. The normalized spacial score (nSPS) is 12.3. The molecule has 0 saturated heterocycles. The van der Waals surface area contributed by atoms with E-state index in [0.717, 1.165) is 23.3 Å². The number of aromatic carboxylic acids is 1. The smallest absolute Gasteiger partial charge is 0.339 e. The molecule has 0 atom stereocenters. The van der Waals surface area contributed by atoms with Gasteiger partial charge < -0.3 is 21.7 Å². The number of benzene rings is 6. The average Bonchev–Trinajstić information content (AvgIpc) is 3.14. The molecule has 0 amide bonds. The van der Waals surface area contributed by atoms with Crippen molar-refractivity contribution in [3.63, 3.8) is 0 Å². The van der Waals surface area contributed by atoms with E-state index in [9.17, 15) is 40.9 Å². The molecule has 0 bridgehead atoms. The highest BCUT2D eigenvalue weighted by atomic mass is 32.2. The molecule has 0 saturated carbocycles. The molecule has 0 aromatic heterocycles. The van der Waals surface area contributed by atoms with Crippen molar-refractivity contribution >= 4 is 82.5 Å². The number of hydrogen-bond donors (Lipinski definition) is 6.